The van der Waals surface area contributed by atoms with Gasteiger partial charge in [-0.2, -0.15) is 0 Å². The minimum absolute atomic E-state index is 0.172. The standard InChI is InChI=1S/C11H9NO5/c12-9(13)2-1-6-3-7(10(14)15)5-8(4-6)11(16)17/h1-5H,(H2,12,13)(H,14,15)(H,16,17). The zero-order valence-corrected chi connectivity index (χ0v) is 8.58. The second kappa shape index (κ2) is 4.93. The van der Waals surface area contributed by atoms with E-state index in [2.05, 4.69) is 0 Å². The summed E-state index contributed by atoms with van der Waals surface area (Å²) in [6, 6.07) is 3.52. The van der Waals surface area contributed by atoms with Crippen molar-refractivity contribution >= 4 is 23.9 Å². The highest BCUT2D eigenvalue weighted by atomic mass is 16.4. The molecule has 1 aromatic rings. The van der Waals surface area contributed by atoms with Gasteiger partial charge >= 0.3 is 11.9 Å². The molecule has 0 unspecified atom stereocenters. The van der Waals surface area contributed by atoms with Gasteiger partial charge in [-0.05, 0) is 29.8 Å². The van der Waals surface area contributed by atoms with Crippen molar-refractivity contribution < 1.29 is 24.6 Å². The summed E-state index contributed by atoms with van der Waals surface area (Å²) in [6.07, 6.45) is 2.27. The molecule has 0 aliphatic carbocycles. The lowest BCUT2D eigenvalue weighted by atomic mass is 10.1. The molecule has 6 nitrogen and oxygen atoms in total. The van der Waals surface area contributed by atoms with Crippen molar-refractivity contribution in [3.8, 4) is 0 Å². The van der Waals surface area contributed by atoms with Crippen LogP contribution in [0, 0.1) is 0 Å². The van der Waals surface area contributed by atoms with Gasteiger partial charge in [-0.1, -0.05) is 0 Å². The number of aromatic carboxylic acids is 2. The Morgan fingerprint density at radius 2 is 1.47 bits per heavy atom. The molecule has 4 N–H and O–H groups in total. The predicted octanol–water partition coefficient (Wildman–Crippen LogP) is 0.582. The predicted molar refractivity (Wildman–Crippen MR) is 58.6 cm³/mol. The van der Waals surface area contributed by atoms with E-state index in [4.69, 9.17) is 15.9 Å². The van der Waals surface area contributed by atoms with Gasteiger partial charge < -0.3 is 15.9 Å². The summed E-state index contributed by atoms with van der Waals surface area (Å²) in [5.41, 5.74) is 4.81. The van der Waals surface area contributed by atoms with E-state index in [1.165, 1.54) is 18.2 Å². The molecular weight excluding hydrogens is 226 g/mol. The van der Waals surface area contributed by atoms with E-state index in [1.807, 2.05) is 0 Å². The summed E-state index contributed by atoms with van der Waals surface area (Å²) < 4.78 is 0. The summed E-state index contributed by atoms with van der Waals surface area (Å²) in [4.78, 5) is 32.0. The molecule has 1 aromatic carbocycles. The number of carbonyl (C=O) groups is 3. The Morgan fingerprint density at radius 3 is 1.82 bits per heavy atom. The van der Waals surface area contributed by atoms with E-state index in [0.29, 0.717) is 0 Å². The first-order valence-electron chi connectivity index (χ1n) is 4.49. The van der Waals surface area contributed by atoms with Crippen LogP contribution < -0.4 is 5.73 Å². The second-order valence-corrected chi connectivity index (χ2v) is 3.19. The molecule has 0 saturated heterocycles. The lowest BCUT2D eigenvalue weighted by Gasteiger charge is -2.01. The first kappa shape index (κ1) is 12.4. The van der Waals surface area contributed by atoms with Crippen LogP contribution in [-0.4, -0.2) is 28.1 Å². The number of nitrogens with two attached hydrogens (primary N) is 1. The Morgan fingerprint density at radius 1 is 1.00 bits per heavy atom. The minimum Gasteiger partial charge on any atom is -0.478 e. The van der Waals surface area contributed by atoms with Crippen LogP contribution in [0.2, 0.25) is 0 Å². The molecule has 0 bridgehead atoms. The van der Waals surface area contributed by atoms with E-state index >= 15 is 0 Å². The summed E-state index contributed by atoms with van der Waals surface area (Å²) in [5.74, 6) is -3.20. The largest absolute Gasteiger partial charge is 0.478 e. The zero-order valence-electron chi connectivity index (χ0n) is 8.58. The van der Waals surface area contributed by atoms with Crippen LogP contribution in [0.4, 0.5) is 0 Å². The molecule has 0 heterocycles. The number of carbonyl (C=O) groups excluding carboxylic acids is 1. The van der Waals surface area contributed by atoms with Crippen molar-refractivity contribution in [3.05, 3.63) is 41.0 Å². The van der Waals surface area contributed by atoms with Crippen LogP contribution in [0.5, 0.6) is 0 Å². The van der Waals surface area contributed by atoms with Crippen molar-refractivity contribution in [2.45, 2.75) is 0 Å². The molecule has 6 heteroatoms. The highest BCUT2D eigenvalue weighted by molar-refractivity contribution is 5.96. The average Bonchev–Trinajstić information content (AvgIpc) is 2.25. The van der Waals surface area contributed by atoms with Gasteiger partial charge in [0.2, 0.25) is 5.91 Å². The molecule has 0 radical (unpaired) electrons. The van der Waals surface area contributed by atoms with E-state index in [1.54, 1.807) is 0 Å². The summed E-state index contributed by atoms with van der Waals surface area (Å²) in [5, 5.41) is 17.6. The van der Waals surface area contributed by atoms with Gasteiger partial charge in [-0.3, -0.25) is 4.79 Å². The van der Waals surface area contributed by atoms with Crippen molar-refractivity contribution in [3.63, 3.8) is 0 Å². The van der Waals surface area contributed by atoms with Crippen molar-refractivity contribution in [2.24, 2.45) is 5.73 Å². The number of hydrogen-bond acceptors (Lipinski definition) is 3. The molecule has 0 aromatic heterocycles. The molecule has 0 spiro atoms. The number of rotatable bonds is 4. The van der Waals surface area contributed by atoms with Crippen LogP contribution >= 0.6 is 0 Å². The maximum Gasteiger partial charge on any atom is 0.335 e. The van der Waals surface area contributed by atoms with Crippen LogP contribution in [0.3, 0.4) is 0 Å². The van der Waals surface area contributed by atoms with Gasteiger partial charge in [0, 0.05) is 6.08 Å². The molecule has 0 aliphatic rings. The molecule has 0 aliphatic heterocycles. The van der Waals surface area contributed by atoms with Crippen molar-refractivity contribution in [1.29, 1.82) is 0 Å². The fraction of sp³-hybridized carbons (Fsp3) is 0. The molecular formula is C11H9NO5. The quantitative estimate of drug-likeness (QED) is 0.660. The molecule has 17 heavy (non-hydrogen) atoms. The topological polar surface area (TPSA) is 118 Å². The van der Waals surface area contributed by atoms with Crippen LogP contribution in [0.1, 0.15) is 26.3 Å². The zero-order chi connectivity index (χ0) is 13.0. The molecule has 1 rings (SSSR count). The highest BCUT2D eigenvalue weighted by Gasteiger charge is 2.10. The maximum absolute atomic E-state index is 10.8. The van der Waals surface area contributed by atoms with Crippen molar-refractivity contribution in [2.75, 3.05) is 0 Å². The lowest BCUT2D eigenvalue weighted by Crippen LogP contribution is -2.06. The SMILES string of the molecule is NC(=O)C=Cc1cc(C(=O)O)cc(C(=O)O)c1. The fourth-order valence-electron chi connectivity index (χ4n) is 1.17. The van der Waals surface area contributed by atoms with Crippen LogP contribution in [-0.2, 0) is 4.79 Å². The Bertz CT molecular complexity index is 486. The fourth-order valence-corrected chi connectivity index (χ4v) is 1.17. The molecule has 0 fully saturated rings. The molecule has 0 saturated carbocycles. The van der Waals surface area contributed by atoms with E-state index in [-0.39, 0.29) is 16.7 Å². The average molecular weight is 235 g/mol. The number of hydrogen-bond donors (Lipinski definition) is 3. The monoisotopic (exact) mass is 235 g/mol. The van der Waals surface area contributed by atoms with Crippen molar-refractivity contribution in [1.82, 2.24) is 0 Å². The first-order chi connectivity index (χ1) is 7.90. The third-order valence-corrected chi connectivity index (χ3v) is 1.89. The maximum atomic E-state index is 10.8. The first-order valence-corrected chi connectivity index (χ1v) is 4.49. The number of primary amides is 1. The highest BCUT2D eigenvalue weighted by Crippen LogP contribution is 2.12. The number of amides is 1. The van der Waals surface area contributed by atoms with Crippen LogP contribution in [0.15, 0.2) is 24.3 Å². The van der Waals surface area contributed by atoms with Gasteiger partial charge in [-0.25, -0.2) is 9.59 Å². The Balaban J connectivity index is 3.26. The molecule has 1 amide bonds. The Hall–Kier alpha value is -2.63. The van der Waals surface area contributed by atoms with Gasteiger partial charge in [0.05, 0.1) is 11.1 Å². The second-order valence-electron chi connectivity index (χ2n) is 3.19. The number of benzene rings is 1. The van der Waals surface area contributed by atoms with Gasteiger partial charge in [0.25, 0.3) is 0 Å². The van der Waals surface area contributed by atoms with E-state index in [0.717, 1.165) is 12.1 Å². The molecule has 0 atom stereocenters. The third kappa shape index (κ3) is 3.45. The minimum atomic E-state index is -1.25. The summed E-state index contributed by atoms with van der Waals surface area (Å²) in [7, 11) is 0. The number of carboxylic acid groups (broad SMARTS) is 2. The lowest BCUT2D eigenvalue weighted by molar-refractivity contribution is -0.113. The Kier molecular flexibility index (Phi) is 3.61. The van der Waals surface area contributed by atoms with Gasteiger partial charge in [-0.15, -0.1) is 0 Å². The van der Waals surface area contributed by atoms with Gasteiger partial charge in [0.1, 0.15) is 0 Å². The smallest absolute Gasteiger partial charge is 0.335 e. The molecule has 88 valence electrons. The van der Waals surface area contributed by atoms with Gasteiger partial charge in [0.15, 0.2) is 0 Å². The Labute approximate surface area is 96.0 Å². The van der Waals surface area contributed by atoms with E-state index in [9.17, 15) is 14.4 Å². The summed E-state index contributed by atoms with van der Waals surface area (Å²) in [6.45, 7) is 0. The number of carboxylic acids is 2. The summed E-state index contributed by atoms with van der Waals surface area (Å²) >= 11 is 0. The van der Waals surface area contributed by atoms with E-state index < -0.39 is 17.8 Å². The third-order valence-electron chi connectivity index (χ3n) is 1.89. The normalized spacial score (nSPS) is 10.4. The van der Waals surface area contributed by atoms with Crippen LogP contribution in [0.25, 0.3) is 6.08 Å².